The topological polar surface area (TPSA) is 22.0 Å². The van der Waals surface area contributed by atoms with Crippen LogP contribution in [0.4, 0.5) is 0 Å². The van der Waals surface area contributed by atoms with E-state index >= 15 is 0 Å². The summed E-state index contributed by atoms with van der Waals surface area (Å²) < 4.78 is 1.62. The van der Waals surface area contributed by atoms with Crippen molar-refractivity contribution in [1.82, 2.24) is 4.57 Å². The van der Waals surface area contributed by atoms with Crippen molar-refractivity contribution < 1.29 is 0 Å². The van der Waals surface area contributed by atoms with Gasteiger partial charge in [-0.2, -0.15) is 0 Å². The summed E-state index contributed by atoms with van der Waals surface area (Å²) in [6.45, 7) is 4.00. The van der Waals surface area contributed by atoms with Crippen LogP contribution in [0.25, 0.3) is 12.2 Å². The van der Waals surface area contributed by atoms with Crippen LogP contribution in [0.5, 0.6) is 0 Å². The molecule has 2 heteroatoms. The molecule has 0 unspecified atom stereocenters. The molecule has 2 rings (SSSR count). The molecule has 2 nitrogen and oxygen atoms in total. The predicted molar refractivity (Wildman–Crippen MR) is 60.4 cm³/mol. The second kappa shape index (κ2) is 4.80. The highest BCUT2D eigenvalue weighted by atomic mass is 16.1. The van der Waals surface area contributed by atoms with Gasteiger partial charge in [0.1, 0.15) is 0 Å². The van der Waals surface area contributed by atoms with Crippen LogP contribution in [0.3, 0.4) is 0 Å². The van der Waals surface area contributed by atoms with E-state index < -0.39 is 0 Å². The van der Waals surface area contributed by atoms with Gasteiger partial charge in [-0.15, -0.1) is 0 Å². The predicted octanol–water partition coefficient (Wildman–Crippen LogP) is 0.766. The summed E-state index contributed by atoms with van der Waals surface area (Å²) >= 11 is 0. The zero-order valence-electron chi connectivity index (χ0n) is 9.08. The second-order valence-corrected chi connectivity index (χ2v) is 3.09. The summed E-state index contributed by atoms with van der Waals surface area (Å²) in [7, 11) is 1.78. The van der Waals surface area contributed by atoms with Gasteiger partial charge in [0, 0.05) is 18.5 Å². The van der Waals surface area contributed by atoms with E-state index in [-0.39, 0.29) is 5.56 Å². The first-order valence-electron chi connectivity index (χ1n) is 5.15. The number of rotatable bonds is 0. The van der Waals surface area contributed by atoms with E-state index in [0.29, 0.717) is 0 Å². The zero-order chi connectivity index (χ0) is 10.6. The van der Waals surface area contributed by atoms with E-state index in [9.17, 15) is 4.79 Å². The van der Waals surface area contributed by atoms with Gasteiger partial charge >= 0.3 is 0 Å². The Bertz CT molecular complexity index is 468. The summed E-state index contributed by atoms with van der Waals surface area (Å²) in [6.07, 6.45) is 8.01. The highest BCUT2D eigenvalue weighted by Crippen LogP contribution is 1.92. The first kappa shape index (κ1) is 10.8. The van der Waals surface area contributed by atoms with E-state index in [4.69, 9.17) is 0 Å². The Kier molecular flexibility index (Phi) is 3.69. The number of nitrogens with zero attached hydrogens (tertiary/aromatic N) is 1. The lowest BCUT2D eigenvalue weighted by atomic mass is 10.1. The van der Waals surface area contributed by atoms with Crippen LogP contribution in [0, 0.1) is 0 Å². The Balaban J connectivity index is 0.000000461. The third-order valence-electron chi connectivity index (χ3n) is 2.22. The second-order valence-electron chi connectivity index (χ2n) is 3.09. The highest BCUT2D eigenvalue weighted by molar-refractivity contribution is 5.36. The van der Waals surface area contributed by atoms with Crippen LogP contribution in [0.15, 0.2) is 17.1 Å². The van der Waals surface area contributed by atoms with Crippen molar-refractivity contribution in [3.8, 4) is 0 Å². The fourth-order valence-electron chi connectivity index (χ4n) is 1.51. The van der Waals surface area contributed by atoms with Gasteiger partial charge in [-0.3, -0.25) is 4.79 Å². The Hall–Kier alpha value is -1.31. The Labute approximate surface area is 84.2 Å². The maximum absolute atomic E-state index is 11.5. The SMILES string of the molecule is CC.Cn1ccc2c(c1=O)=CCCC=2. The van der Waals surface area contributed by atoms with Crippen molar-refractivity contribution in [3.05, 3.63) is 33.1 Å². The molecule has 1 aromatic heterocycles. The van der Waals surface area contributed by atoms with E-state index in [1.807, 2.05) is 32.2 Å². The average Bonchev–Trinajstić information content (AvgIpc) is 2.27. The Morgan fingerprint density at radius 2 is 1.86 bits per heavy atom. The molecule has 0 fully saturated rings. The van der Waals surface area contributed by atoms with Gasteiger partial charge in [-0.25, -0.2) is 0 Å². The maximum Gasteiger partial charge on any atom is 0.257 e. The lowest BCUT2D eigenvalue weighted by Gasteiger charge is -2.00. The van der Waals surface area contributed by atoms with Gasteiger partial charge in [0.15, 0.2) is 0 Å². The van der Waals surface area contributed by atoms with Gasteiger partial charge in [0.2, 0.25) is 0 Å². The van der Waals surface area contributed by atoms with Crippen LogP contribution in [-0.4, -0.2) is 4.57 Å². The quantitative estimate of drug-likeness (QED) is 0.593. The molecule has 1 aromatic rings. The molecule has 0 spiro atoms. The summed E-state index contributed by atoms with van der Waals surface area (Å²) in [6, 6.07) is 1.99. The summed E-state index contributed by atoms with van der Waals surface area (Å²) in [4.78, 5) is 11.5. The molecule has 1 aliphatic rings. The Morgan fingerprint density at radius 1 is 1.21 bits per heavy atom. The largest absolute Gasteiger partial charge is 0.318 e. The van der Waals surface area contributed by atoms with Crippen molar-refractivity contribution in [1.29, 1.82) is 0 Å². The fourth-order valence-corrected chi connectivity index (χ4v) is 1.51. The zero-order valence-corrected chi connectivity index (χ0v) is 9.08. The number of hydrogen-bond acceptors (Lipinski definition) is 1. The van der Waals surface area contributed by atoms with E-state index in [0.717, 1.165) is 23.3 Å². The molecule has 0 aromatic carbocycles. The van der Waals surface area contributed by atoms with E-state index in [1.165, 1.54) is 0 Å². The Morgan fingerprint density at radius 3 is 2.57 bits per heavy atom. The molecule has 1 aliphatic carbocycles. The lowest BCUT2D eigenvalue weighted by Crippen LogP contribution is -2.44. The summed E-state index contributed by atoms with van der Waals surface area (Å²) in [5.41, 5.74) is 0.114. The van der Waals surface area contributed by atoms with Gasteiger partial charge < -0.3 is 4.57 Å². The summed E-state index contributed by atoms with van der Waals surface area (Å²) in [5.74, 6) is 0. The van der Waals surface area contributed by atoms with Gasteiger partial charge in [-0.05, 0) is 24.1 Å². The monoisotopic (exact) mass is 191 g/mol. The third-order valence-corrected chi connectivity index (χ3v) is 2.22. The van der Waals surface area contributed by atoms with E-state index in [2.05, 4.69) is 6.08 Å². The number of aromatic nitrogens is 1. The molecule has 0 amide bonds. The van der Waals surface area contributed by atoms with Crippen LogP contribution in [0.2, 0.25) is 0 Å². The maximum atomic E-state index is 11.5. The minimum atomic E-state index is 0.114. The standard InChI is InChI=1S/C10H11NO.C2H6/c1-11-7-6-8-4-2-3-5-9(8)10(11)12;1-2/h4-7H,2-3H2,1H3;1-2H3. The first-order valence-corrected chi connectivity index (χ1v) is 5.15. The first-order chi connectivity index (χ1) is 6.79. The lowest BCUT2D eigenvalue weighted by molar-refractivity contribution is 0.842. The molecule has 0 N–H and O–H groups in total. The number of fused-ring (bicyclic) bond motifs is 1. The van der Waals surface area contributed by atoms with Crippen molar-refractivity contribution in [2.45, 2.75) is 26.7 Å². The van der Waals surface area contributed by atoms with Crippen LogP contribution in [-0.2, 0) is 7.05 Å². The number of aryl methyl sites for hydroxylation is 1. The molecule has 1 heterocycles. The normalized spacial score (nSPS) is 12.8. The van der Waals surface area contributed by atoms with E-state index in [1.54, 1.807) is 11.6 Å². The van der Waals surface area contributed by atoms with Crippen molar-refractivity contribution in [3.63, 3.8) is 0 Å². The molecule has 14 heavy (non-hydrogen) atoms. The van der Waals surface area contributed by atoms with Crippen molar-refractivity contribution in [2.75, 3.05) is 0 Å². The van der Waals surface area contributed by atoms with Gasteiger partial charge in [0.05, 0.1) is 0 Å². The minimum absolute atomic E-state index is 0.114. The van der Waals surface area contributed by atoms with Crippen LogP contribution >= 0.6 is 0 Å². The summed E-state index contributed by atoms with van der Waals surface area (Å²) in [5, 5.41) is 1.95. The van der Waals surface area contributed by atoms with Crippen LogP contribution in [0.1, 0.15) is 26.7 Å². The highest BCUT2D eigenvalue weighted by Gasteiger charge is 1.97. The van der Waals surface area contributed by atoms with Crippen molar-refractivity contribution >= 4 is 12.2 Å². The molecule has 0 saturated heterocycles. The molecule has 0 aliphatic heterocycles. The number of pyridine rings is 1. The third kappa shape index (κ3) is 1.95. The van der Waals surface area contributed by atoms with Gasteiger partial charge in [-0.1, -0.05) is 26.0 Å². The fraction of sp³-hybridized carbons (Fsp3) is 0.417. The smallest absolute Gasteiger partial charge is 0.257 e. The van der Waals surface area contributed by atoms with Crippen LogP contribution < -0.4 is 16.0 Å². The van der Waals surface area contributed by atoms with Crippen molar-refractivity contribution in [2.24, 2.45) is 7.05 Å². The van der Waals surface area contributed by atoms with Gasteiger partial charge in [0.25, 0.3) is 5.56 Å². The molecule has 0 atom stereocenters. The molecule has 76 valence electrons. The molecule has 0 radical (unpaired) electrons. The molecular weight excluding hydrogens is 174 g/mol. The molecular formula is C12H17NO. The minimum Gasteiger partial charge on any atom is -0.318 e. The average molecular weight is 191 g/mol. The molecule has 0 bridgehead atoms. The number of hydrogen-bond donors (Lipinski definition) is 0. The molecule has 0 saturated carbocycles.